The molecule has 0 unspecified atom stereocenters. The highest BCUT2D eigenvalue weighted by atomic mass is 16.1. The molecule has 26 heavy (non-hydrogen) atoms. The highest BCUT2D eigenvalue weighted by Gasteiger charge is 2.13. The molecule has 130 valence electrons. The lowest BCUT2D eigenvalue weighted by Crippen LogP contribution is -2.24. The molecule has 7 nitrogen and oxygen atoms in total. The van der Waals surface area contributed by atoms with Crippen molar-refractivity contribution in [2.24, 2.45) is 0 Å². The topological polar surface area (TPSA) is 77.1 Å². The maximum atomic E-state index is 12.5. The van der Waals surface area contributed by atoms with Crippen molar-refractivity contribution in [3.63, 3.8) is 0 Å². The predicted molar refractivity (Wildman–Crippen MR) is 96.7 cm³/mol. The van der Waals surface area contributed by atoms with Crippen LogP contribution in [0.4, 0.5) is 0 Å². The summed E-state index contributed by atoms with van der Waals surface area (Å²) >= 11 is 0. The van der Waals surface area contributed by atoms with Gasteiger partial charge in [0.1, 0.15) is 0 Å². The molecule has 4 aromatic rings. The van der Waals surface area contributed by atoms with E-state index in [9.17, 15) is 4.79 Å². The highest BCUT2D eigenvalue weighted by Crippen LogP contribution is 2.09. The first kappa shape index (κ1) is 16.0. The molecule has 1 aromatic carbocycles. The van der Waals surface area contributed by atoms with E-state index in [1.54, 1.807) is 29.2 Å². The van der Waals surface area contributed by atoms with Gasteiger partial charge in [0.25, 0.3) is 5.91 Å². The Morgan fingerprint density at radius 2 is 1.92 bits per heavy atom. The lowest BCUT2D eigenvalue weighted by molar-refractivity contribution is 0.0949. The summed E-state index contributed by atoms with van der Waals surface area (Å²) in [5.41, 5.74) is 4.12. The highest BCUT2D eigenvalue weighted by molar-refractivity contribution is 5.95. The summed E-state index contributed by atoms with van der Waals surface area (Å²) in [6, 6.07) is 11.9. The van der Waals surface area contributed by atoms with Gasteiger partial charge in [-0.15, -0.1) is 0 Å². The summed E-state index contributed by atoms with van der Waals surface area (Å²) in [6.07, 6.45) is 6.96. The molecule has 1 amide bonds. The number of nitrogens with one attached hydrogen (secondary N) is 1. The summed E-state index contributed by atoms with van der Waals surface area (Å²) in [5, 5.41) is 11.5. The fourth-order valence-corrected chi connectivity index (χ4v) is 2.85. The summed E-state index contributed by atoms with van der Waals surface area (Å²) < 4.78 is 3.52. The van der Waals surface area contributed by atoms with Crippen LogP contribution in [0.15, 0.2) is 61.2 Å². The molecule has 0 spiro atoms. The Morgan fingerprint density at radius 1 is 1.08 bits per heavy atom. The standard InChI is InChI=1S/C19H18N6O/c1-14-17(11-20-18-7-8-22-25(14)18)19(26)21-9-16-10-23-24(13-16)12-15-5-3-2-4-6-15/h2-8,10-11,13H,9,12H2,1H3,(H,21,26). The van der Waals surface area contributed by atoms with Crippen LogP contribution < -0.4 is 5.32 Å². The van der Waals surface area contributed by atoms with E-state index in [-0.39, 0.29) is 5.91 Å². The van der Waals surface area contributed by atoms with Gasteiger partial charge in [-0.2, -0.15) is 10.2 Å². The number of aromatic nitrogens is 5. The van der Waals surface area contributed by atoms with Crippen LogP contribution in [0.1, 0.15) is 27.2 Å². The van der Waals surface area contributed by atoms with Crippen LogP contribution in [0.5, 0.6) is 0 Å². The first-order valence-electron chi connectivity index (χ1n) is 8.33. The van der Waals surface area contributed by atoms with Crippen LogP contribution in [0.2, 0.25) is 0 Å². The first-order valence-corrected chi connectivity index (χ1v) is 8.33. The molecular weight excluding hydrogens is 328 g/mol. The van der Waals surface area contributed by atoms with Crippen LogP contribution in [0.25, 0.3) is 5.65 Å². The second-order valence-corrected chi connectivity index (χ2v) is 6.07. The predicted octanol–water partition coefficient (Wildman–Crippen LogP) is 2.21. The average Bonchev–Trinajstić information content (AvgIpc) is 3.30. The van der Waals surface area contributed by atoms with E-state index >= 15 is 0 Å². The van der Waals surface area contributed by atoms with Gasteiger partial charge in [0, 0.05) is 30.6 Å². The maximum Gasteiger partial charge on any atom is 0.254 e. The molecule has 0 fully saturated rings. The number of hydrogen-bond acceptors (Lipinski definition) is 4. The van der Waals surface area contributed by atoms with Gasteiger partial charge in [-0.05, 0) is 12.5 Å². The van der Waals surface area contributed by atoms with Crippen LogP contribution >= 0.6 is 0 Å². The third-order valence-electron chi connectivity index (χ3n) is 4.23. The summed E-state index contributed by atoms with van der Waals surface area (Å²) in [5.74, 6) is -0.178. The van der Waals surface area contributed by atoms with Gasteiger partial charge in [-0.25, -0.2) is 9.50 Å². The molecule has 1 N–H and O–H groups in total. The molecule has 3 heterocycles. The van der Waals surface area contributed by atoms with Crippen molar-refractivity contribution < 1.29 is 4.79 Å². The minimum atomic E-state index is -0.178. The Labute approximate surface area is 150 Å². The summed E-state index contributed by atoms with van der Waals surface area (Å²) in [6.45, 7) is 2.96. The molecule has 0 saturated carbocycles. The lowest BCUT2D eigenvalue weighted by atomic mass is 10.2. The van der Waals surface area contributed by atoms with Crippen molar-refractivity contribution in [2.45, 2.75) is 20.0 Å². The van der Waals surface area contributed by atoms with Crippen molar-refractivity contribution in [2.75, 3.05) is 0 Å². The van der Waals surface area contributed by atoms with Gasteiger partial charge >= 0.3 is 0 Å². The fourth-order valence-electron chi connectivity index (χ4n) is 2.85. The van der Waals surface area contributed by atoms with E-state index in [1.807, 2.05) is 36.0 Å². The quantitative estimate of drug-likeness (QED) is 0.601. The largest absolute Gasteiger partial charge is 0.348 e. The number of hydrogen-bond donors (Lipinski definition) is 1. The molecular formula is C19H18N6O. The minimum Gasteiger partial charge on any atom is -0.348 e. The Bertz CT molecular complexity index is 1050. The van der Waals surface area contributed by atoms with Crippen LogP contribution in [0.3, 0.4) is 0 Å². The Hall–Kier alpha value is -3.48. The van der Waals surface area contributed by atoms with Crippen LogP contribution in [-0.2, 0) is 13.1 Å². The average molecular weight is 346 g/mol. The molecule has 3 aromatic heterocycles. The van der Waals surface area contributed by atoms with Crippen LogP contribution in [-0.4, -0.2) is 30.3 Å². The second-order valence-electron chi connectivity index (χ2n) is 6.07. The molecule has 4 rings (SSSR count). The fraction of sp³-hybridized carbons (Fsp3) is 0.158. The number of aryl methyl sites for hydroxylation is 1. The molecule has 0 bridgehead atoms. The third-order valence-corrected chi connectivity index (χ3v) is 4.23. The molecule has 0 aliphatic rings. The normalized spacial score (nSPS) is 11.0. The van der Waals surface area contributed by atoms with Crippen molar-refractivity contribution in [1.82, 2.24) is 29.7 Å². The van der Waals surface area contributed by atoms with Gasteiger partial charge in [0.15, 0.2) is 5.65 Å². The molecule has 0 aliphatic heterocycles. The first-order chi connectivity index (χ1) is 12.7. The molecule has 7 heteroatoms. The Balaban J connectivity index is 1.42. The maximum absolute atomic E-state index is 12.5. The van der Waals surface area contributed by atoms with E-state index < -0.39 is 0 Å². The number of carbonyl (C=O) groups is 1. The van der Waals surface area contributed by atoms with Crippen molar-refractivity contribution >= 4 is 11.6 Å². The Kier molecular flexibility index (Phi) is 4.18. The van der Waals surface area contributed by atoms with E-state index in [4.69, 9.17) is 0 Å². The molecule has 0 atom stereocenters. The monoisotopic (exact) mass is 346 g/mol. The van der Waals surface area contributed by atoms with E-state index in [0.29, 0.717) is 18.7 Å². The lowest BCUT2D eigenvalue weighted by Gasteiger charge is -2.07. The number of carbonyl (C=O) groups excluding carboxylic acids is 1. The van der Waals surface area contributed by atoms with Crippen molar-refractivity contribution in [1.29, 1.82) is 0 Å². The van der Waals surface area contributed by atoms with Gasteiger partial charge < -0.3 is 5.32 Å². The zero-order valence-corrected chi connectivity index (χ0v) is 14.3. The number of amides is 1. The van der Waals surface area contributed by atoms with E-state index in [1.165, 1.54) is 5.56 Å². The number of nitrogens with zero attached hydrogens (tertiary/aromatic N) is 5. The third kappa shape index (κ3) is 3.19. The van der Waals surface area contributed by atoms with Gasteiger partial charge in [0.05, 0.1) is 30.2 Å². The number of benzene rings is 1. The molecule has 0 radical (unpaired) electrons. The minimum absolute atomic E-state index is 0.178. The summed E-state index contributed by atoms with van der Waals surface area (Å²) in [7, 11) is 0. The summed E-state index contributed by atoms with van der Waals surface area (Å²) in [4.78, 5) is 16.7. The number of rotatable bonds is 5. The van der Waals surface area contributed by atoms with Crippen molar-refractivity contribution in [3.05, 3.63) is 83.6 Å². The zero-order valence-electron chi connectivity index (χ0n) is 14.3. The molecule has 0 aliphatic carbocycles. The van der Waals surface area contributed by atoms with Gasteiger partial charge in [-0.1, -0.05) is 30.3 Å². The van der Waals surface area contributed by atoms with E-state index in [2.05, 4.69) is 32.6 Å². The van der Waals surface area contributed by atoms with Crippen LogP contribution in [0, 0.1) is 6.92 Å². The van der Waals surface area contributed by atoms with Crippen molar-refractivity contribution in [3.8, 4) is 0 Å². The molecule has 0 saturated heterocycles. The van der Waals surface area contributed by atoms with Gasteiger partial charge in [0.2, 0.25) is 0 Å². The zero-order chi connectivity index (χ0) is 17.9. The van der Waals surface area contributed by atoms with Gasteiger partial charge in [-0.3, -0.25) is 9.48 Å². The number of fused-ring (bicyclic) bond motifs is 1. The van der Waals surface area contributed by atoms with E-state index in [0.717, 1.165) is 16.9 Å². The smallest absolute Gasteiger partial charge is 0.254 e. The Morgan fingerprint density at radius 3 is 2.77 bits per heavy atom. The second kappa shape index (κ2) is 6.79. The SMILES string of the molecule is Cc1c(C(=O)NCc2cnn(Cc3ccccc3)c2)cnc2ccnn12.